The van der Waals surface area contributed by atoms with Crippen LogP contribution in [0.3, 0.4) is 0 Å². The lowest BCUT2D eigenvalue weighted by atomic mass is 10.3. The lowest BCUT2D eigenvalue weighted by molar-refractivity contribution is 0.434. The van der Waals surface area contributed by atoms with E-state index in [-0.39, 0.29) is 11.5 Å². The maximum Gasteiger partial charge on any atom is 0.168 e. The molecular weight excluding hydrogens is 232 g/mol. The molecule has 0 amide bonds. The van der Waals surface area contributed by atoms with Gasteiger partial charge in [0, 0.05) is 19.6 Å². The van der Waals surface area contributed by atoms with Gasteiger partial charge in [-0.25, -0.2) is 8.42 Å². The lowest BCUT2D eigenvalue weighted by Crippen LogP contribution is -2.48. The first-order valence-electron chi connectivity index (χ1n) is 5.28. The number of sulfone groups is 1. The van der Waals surface area contributed by atoms with Gasteiger partial charge in [-0.1, -0.05) is 13.3 Å². The summed E-state index contributed by atoms with van der Waals surface area (Å²) in [6.45, 7) is 4.05. The van der Waals surface area contributed by atoms with E-state index in [1.165, 1.54) is 0 Å². The van der Waals surface area contributed by atoms with E-state index in [4.69, 9.17) is 12.2 Å². The Morgan fingerprint density at radius 1 is 1.40 bits per heavy atom. The summed E-state index contributed by atoms with van der Waals surface area (Å²) >= 11 is 5.18. The van der Waals surface area contributed by atoms with E-state index in [1.807, 2.05) is 4.90 Å². The molecule has 1 aliphatic rings. The molecule has 0 spiro atoms. The Morgan fingerprint density at radius 3 is 2.53 bits per heavy atom. The smallest absolute Gasteiger partial charge is 0.168 e. The topological polar surface area (TPSA) is 49.4 Å². The fourth-order valence-electron chi connectivity index (χ4n) is 1.40. The van der Waals surface area contributed by atoms with Crippen LogP contribution in [0.2, 0.25) is 0 Å². The number of unbranched alkanes of at least 4 members (excludes halogenated alkanes) is 1. The molecular formula is C9H18N2O2S2. The summed E-state index contributed by atoms with van der Waals surface area (Å²) in [5, 5.41) is 3.84. The van der Waals surface area contributed by atoms with Gasteiger partial charge in [-0.15, -0.1) is 0 Å². The highest BCUT2D eigenvalue weighted by Gasteiger charge is 2.22. The molecule has 1 N–H and O–H groups in total. The molecule has 0 radical (unpaired) electrons. The second-order valence-electron chi connectivity index (χ2n) is 3.72. The largest absolute Gasteiger partial charge is 0.363 e. The molecule has 4 nitrogen and oxygen atoms in total. The first-order valence-corrected chi connectivity index (χ1v) is 7.51. The average Bonchev–Trinajstić information content (AvgIpc) is 2.18. The van der Waals surface area contributed by atoms with Crippen molar-refractivity contribution in [3.8, 4) is 0 Å². The Hall–Kier alpha value is -0.360. The van der Waals surface area contributed by atoms with Crippen LogP contribution in [-0.4, -0.2) is 49.6 Å². The minimum absolute atomic E-state index is 0.225. The van der Waals surface area contributed by atoms with Gasteiger partial charge in [-0.3, -0.25) is 0 Å². The Bertz CT molecular complexity index is 300. The van der Waals surface area contributed by atoms with Crippen LogP contribution >= 0.6 is 12.2 Å². The maximum atomic E-state index is 11.2. The molecule has 0 unspecified atom stereocenters. The standard InChI is InChI=1S/C9H18N2O2S2/c1-2-3-4-10-9(14)11-5-7-15(12,13)8-6-11/h2-8H2,1H3,(H,10,14). The SMILES string of the molecule is CCCCNC(=S)N1CCS(=O)(=O)CC1. The Kier molecular flexibility index (Phi) is 4.79. The highest BCUT2D eigenvalue weighted by atomic mass is 32.2. The van der Waals surface area contributed by atoms with Gasteiger partial charge >= 0.3 is 0 Å². The number of rotatable bonds is 3. The van der Waals surface area contributed by atoms with Crippen LogP contribution in [0.1, 0.15) is 19.8 Å². The van der Waals surface area contributed by atoms with Gasteiger partial charge < -0.3 is 10.2 Å². The molecule has 0 aromatic rings. The summed E-state index contributed by atoms with van der Waals surface area (Å²) in [4.78, 5) is 1.94. The normalized spacial score (nSPS) is 19.9. The van der Waals surface area contributed by atoms with E-state index < -0.39 is 9.84 Å². The van der Waals surface area contributed by atoms with E-state index in [0.29, 0.717) is 18.2 Å². The first-order chi connectivity index (χ1) is 7.05. The van der Waals surface area contributed by atoms with E-state index >= 15 is 0 Å². The van der Waals surface area contributed by atoms with Crippen LogP contribution in [-0.2, 0) is 9.84 Å². The van der Waals surface area contributed by atoms with E-state index in [2.05, 4.69) is 12.2 Å². The number of hydrogen-bond donors (Lipinski definition) is 1. The van der Waals surface area contributed by atoms with Gasteiger partial charge in [0.05, 0.1) is 11.5 Å². The highest BCUT2D eigenvalue weighted by molar-refractivity contribution is 7.91. The molecule has 0 atom stereocenters. The average molecular weight is 250 g/mol. The van der Waals surface area contributed by atoms with Crippen LogP contribution in [0.15, 0.2) is 0 Å². The van der Waals surface area contributed by atoms with Crippen LogP contribution < -0.4 is 5.32 Å². The van der Waals surface area contributed by atoms with Crippen molar-refractivity contribution in [2.45, 2.75) is 19.8 Å². The van der Waals surface area contributed by atoms with Crippen molar-refractivity contribution in [2.24, 2.45) is 0 Å². The van der Waals surface area contributed by atoms with Crippen LogP contribution in [0.4, 0.5) is 0 Å². The first kappa shape index (κ1) is 12.7. The predicted octanol–water partition coefficient (Wildman–Crippen LogP) is 0.391. The molecule has 0 bridgehead atoms. The zero-order chi connectivity index (χ0) is 11.3. The highest BCUT2D eigenvalue weighted by Crippen LogP contribution is 2.03. The quantitative estimate of drug-likeness (QED) is 0.580. The Labute approximate surface area is 96.9 Å². The van der Waals surface area contributed by atoms with Crippen molar-refractivity contribution in [3.05, 3.63) is 0 Å². The predicted molar refractivity (Wildman–Crippen MR) is 65.7 cm³/mol. The monoisotopic (exact) mass is 250 g/mol. The summed E-state index contributed by atoms with van der Waals surface area (Å²) in [7, 11) is -2.80. The third kappa shape index (κ3) is 4.34. The van der Waals surface area contributed by atoms with Gasteiger partial charge in [0.15, 0.2) is 14.9 Å². The van der Waals surface area contributed by atoms with Gasteiger partial charge in [0.2, 0.25) is 0 Å². The van der Waals surface area contributed by atoms with Gasteiger partial charge in [-0.05, 0) is 18.6 Å². The molecule has 0 aromatic heterocycles. The minimum atomic E-state index is -2.80. The molecule has 0 aromatic carbocycles. The summed E-state index contributed by atoms with van der Waals surface area (Å²) in [6, 6.07) is 0. The molecule has 1 heterocycles. The summed E-state index contributed by atoms with van der Waals surface area (Å²) in [5.41, 5.74) is 0. The molecule has 1 saturated heterocycles. The third-order valence-electron chi connectivity index (χ3n) is 2.44. The maximum absolute atomic E-state index is 11.2. The van der Waals surface area contributed by atoms with E-state index in [0.717, 1.165) is 19.4 Å². The fourth-order valence-corrected chi connectivity index (χ4v) is 2.89. The number of thiocarbonyl (C=S) groups is 1. The fraction of sp³-hybridized carbons (Fsp3) is 0.889. The molecule has 0 saturated carbocycles. The number of nitrogens with zero attached hydrogens (tertiary/aromatic N) is 1. The van der Waals surface area contributed by atoms with Crippen molar-refractivity contribution in [2.75, 3.05) is 31.1 Å². The van der Waals surface area contributed by atoms with Crippen molar-refractivity contribution >= 4 is 27.2 Å². The van der Waals surface area contributed by atoms with Crippen molar-refractivity contribution in [3.63, 3.8) is 0 Å². The van der Waals surface area contributed by atoms with Crippen molar-refractivity contribution in [1.29, 1.82) is 0 Å². The second kappa shape index (κ2) is 5.65. The van der Waals surface area contributed by atoms with Gasteiger partial charge in [0.25, 0.3) is 0 Å². The van der Waals surface area contributed by atoms with Gasteiger partial charge in [-0.2, -0.15) is 0 Å². The lowest BCUT2D eigenvalue weighted by Gasteiger charge is -2.29. The Morgan fingerprint density at radius 2 is 2.00 bits per heavy atom. The van der Waals surface area contributed by atoms with E-state index in [1.54, 1.807) is 0 Å². The van der Waals surface area contributed by atoms with Gasteiger partial charge in [0.1, 0.15) is 0 Å². The number of nitrogens with one attached hydrogen (secondary N) is 1. The van der Waals surface area contributed by atoms with Crippen LogP contribution in [0, 0.1) is 0 Å². The van der Waals surface area contributed by atoms with Crippen molar-refractivity contribution in [1.82, 2.24) is 10.2 Å². The summed E-state index contributed by atoms with van der Waals surface area (Å²) in [5.74, 6) is 0.450. The molecule has 88 valence electrons. The second-order valence-corrected chi connectivity index (χ2v) is 6.41. The number of hydrogen-bond acceptors (Lipinski definition) is 3. The van der Waals surface area contributed by atoms with Crippen LogP contribution in [0.25, 0.3) is 0 Å². The Balaban J connectivity index is 2.30. The zero-order valence-electron chi connectivity index (χ0n) is 9.03. The molecule has 0 aliphatic carbocycles. The summed E-state index contributed by atoms with van der Waals surface area (Å²) < 4.78 is 22.4. The molecule has 15 heavy (non-hydrogen) atoms. The van der Waals surface area contributed by atoms with Crippen molar-refractivity contribution < 1.29 is 8.42 Å². The molecule has 1 aliphatic heterocycles. The minimum Gasteiger partial charge on any atom is -0.363 e. The van der Waals surface area contributed by atoms with Crippen LogP contribution in [0.5, 0.6) is 0 Å². The third-order valence-corrected chi connectivity index (χ3v) is 4.45. The zero-order valence-corrected chi connectivity index (χ0v) is 10.7. The summed E-state index contributed by atoms with van der Waals surface area (Å²) in [6.07, 6.45) is 2.22. The molecule has 6 heteroatoms. The van der Waals surface area contributed by atoms with E-state index in [9.17, 15) is 8.42 Å². The molecule has 1 fully saturated rings. The molecule has 1 rings (SSSR count).